The van der Waals surface area contributed by atoms with E-state index in [1.54, 1.807) is 0 Å². The van der Waals surface area contributed by atoms with Crippen LogP contribution in [-0.2, 0) is 4.74 Å². The first-order valence-electron chi connectivity index (χ1n) is 5.38. The average Bonchev–Trinajstić information content (AvgIpc) is 2.29. The zero-order valence-electron chi connectivity index (χ0n) is 8.89. The van der Waals surface area contributed by atoms with Gasteiger partial charge in [-0.2, -0.15) is 13.2 Å². The molecule has 2 rings (SSSR count). The van der Waals surface area contributed by atoms with Crippen LogP contribution in [0.4, 0.5) is 13.2 Å². The minimum atomic E-state index is -4.19. The number of morpholine rings is 1. The molecule has 0 bridgehead atoms. The maximum absolute atomic E-state index is 12.5. The van der Waals surface area contributed by atoms with Crippen molar-refractivity contribution in [2.24, 2.45) is 0 Å². The quantitative estimate of drug-likeness (QED) is 0.690. The topological polar surface area (TPSA) is 12.5 Å². The van der Waals surface area contributed by atoms with E-state index in [4.69, 9.17) is 4.74 Å². The van der Waals surface area contributed by atoms with E-state index in [9.17, 15) is 13.2 Å². The van der Waals surface area contributed by atoms with Gasteiger partial charge in [-0.1, -0.05) is 6.08 Å². The van der Waals surface area contributed by atoms with Crippen molar-refractivity contribution in [1.82, 2.24) is 4.90 Å². The first-order chi connectivity index (χ1) is 7.57. The minimum absolute atomic E-state index is 0.0946. The lowest BCUT2D eigenvalue weighted by Gasteiger charge is -2.31. The van der Waals surface area contributed by atoms with Gasteiger partial charge in [0.2, 0.25) is 0 Å². The van der Waals surface area contributed by atoms with Gasteiger partial charge in [0.25, 0.3) is 0 Å². The summed E-state index contributed by atoms with van der Waals surface area (Å²) in [4.78, 5) is 1.95. The fraction of sp³-hybridized carbons (Fsp3) is 0.636. The molecule has 0 aromatic heterocycles. The van der Waals surface area contributed by atoms with Gasteiger partial charge >= 0.3 is 6.18 Å². The molecule has 16 heavy (non-hydrogen) atoms. The molecule has 1 saturated heterocycles. The summed E-state index contributed by atoms with van der Waals surface area (Å²) in [6, 6.07) is 0. The van der Waals surface area contributed by atoms with Crippen LogP contribution in [0.25, 0.3) is 0 Å². The Morgan fingerprint density at radius 1 is 1.19 bits per heavy atom. The fourth-order valence-corrected chi connectivity index (χ4v) is 1.95. The summed E-state index contributed by atoms with van der Waals surface area (Å²) in [6.07, 6.45) is -0.476. The number of halogens is 3. The van der Waals surface area contributed by atoms with Crippen molar-refractivity contribution in [3.8, 4) is 0 Å². The maximum atomic E-state index is 12.5. The molecule has 90 valence electrons. The van der Waals surface area contributed by atoms with E-state index in [0.29, 0.717) is 38.4 Å². The SMILES string of the molecule is FC(F)(F)C1=CC(N2CCOCC2)=CCC1. The van der Waals surface area contributed by atoms with Crippen LogP contribution in [0.1, 0.15) is 12.8 Å². The second-order valence-corrected chi connectivity index (χ2v) is 3.93. The van der Waals surface area contributed by atoms with Gasteiger partial charge in [0, 0.05) is 24.4 Å². The average molecular weight is 233 g/mol. The zero-order chi connectivity index (χ0) is 11.6. The summed E-state index contributed by atoms with van der Waals surface area (Å²) in [6.45, 7) is 2.53. The minimum Gasteiger partial charge on any atom is -0.378 e. The molecule has 0 aromatic rings. The third kappa shape index (κ3) is 2.58. The third-order valence-corrected chi connectivity index (χ3v) is 2.83. The number of hydrogen-bond acceptors (Lipinski definition) is 2. The molecule has 0 unspecified atom stereocenters. The summed E-state index contributed by atoms with van der Waals surface area (Å²) in [5.74, 6) is 0. The summed E-state index contributed by atoms with van der Waals surface area (Å²) < 4.78 is 42.8. The molecule has 2 nitrogen and oxygen atoms in total. The second kappa shape index (κ2) is 4.49. The van der Waals surface area contributed by atoms with Crippen molar-refractivity contribution in [1.29, 1.82) is 0 Å². The largest absolute Gasteiger partial charge is 0.412 e. The molecule has 0 amide bonds. The number of allylic oxidation sites excluding steroid dienone is 3. The summed E-state index contributed by atoms with van der Waals surface area (Å²) in [5.41, 5.74) is 0.276. The molecule has 5 heteroatoms. The Labute approximate surface area is 92.4 Å². The highest BCUT2D eigenvalue weighted by Crippen LogP contribution is 2.33. The van der Waals surface area contributed by atoms with E-state index >= 15 is 0 Å². The van der Waals surface area contributed by atoms with Gasteiger partial charge in [0.05, 0.1) is 13.2 Å². The number of alkyl halides is 3. The van der Waals surface area contributed by atoms with E-state index in [1.165, 1.54) is 6.08 Å². The Balaban J connectivity index is 2.10. The highest BCUT2D eigenvalue weighted by molar-refractivity contribution is 5.29. The highest BCUT2D eigenvalue weighted by atomic mass is 19.4. The normalized spacial score (nSPS) is 22.8. The number of nitrogens with zero attached hydrogens (tertiary/aromatic N) is 1. The number of hydrogen-bond donors (Lipinski definition) is 0. The molecule has 0 radical (unpaired) electrons. The Morgan fingerprint density at radius 3 is 2.50 bits per heavy atom. The fourth-order valence-electron chi connectivity index (χ4n) is 1.95. The predicted molar refractivity (Wildman–Crippen MR) is 53.8 cm³/mol. The van der Waals surface area contributed by atoms with Crippen molar-refractivity contribution in [3.63, 3.8) is 0 Å². The maximum Gasteiger partial charge on any atom is 0.412 e. The van der Waals surface area contributed by atoms with Crippen LogP contribution in [0.2, 0.25) is 0 Å². The third-order valence-electron chi connectivity index (χ3n) is 2.83. The lowest BCUT2D eigenvalue weighted by molar-refractivity contribution is -0.0943. The Hall–Kier alpha value is -0.970. The molecule has 2 aliphatic rings. The standard InChI is InChI=1S/C11H14F3NO/c12-11(13,14)9-2-1-3-10(8-9)15-4-6-16-7-5-15/h3,8H,1-2,4-7H2. The first-order valence-corrected chi connectivity index (χ1v) is 5.38. The van der Waals surface area contributed by atoms with Crippen LogP contribution < -0.4 is 0 Å². The molecule has 0 saturated carbocycles. The van der Waals surface area contributed by atoms with Gasteiger partial charge in [-0.15, -0.1) is 0 Å². The van der Waals surface area contributed by atoms with E-state index < -0.39 is 11.7 Å². The molecule has 1 aliphatic carbocycles. The van der Waals surface area contributed by atoms with Crippen molar-refractivity contribution in [3.05, 3.63) is 23.4 Å². The van der Waals surface area contributed by atoms with E-state index in [2.05, 4.69) is 0 Å². The first kappa shape index (κ1) is 11.5. The zero-order valence-corrected chi connectivity index (χ0v) is 8.89. The van der Waals surface area contributed by atoms with Gasteiger partial charge < -0.3 is 9.64 Å². The predicted octanol–water partition coefficient (Wildman–Crippen LogP) is 2.49. The molecule has 0 aromatic carbocycles. The Morgan fingerprint density at radius 2 is 1.88 bits per heavy atom. The van der Waals surface area contributed by atoms with Gasteiger partial charge in [-0.05, 0) is 18.9 Å². The Kier molecular flexibility index (Phi) is 3.23. The van der Waals surface area contributed by atoms with E-state index in [1.807, 2.05) is 11.0 Å². The lowest BCUT2D eigenvalue weighted by atomic mass is 10.0. The molecule has 1 fully saturated rings. The summed E-state index contributed by atoms with van der Waals surface area (Å²) in [7, 11) is 0. The molecule has 0 atom stereocenters. The van der Waals surface area contributed by atoms with Crippen LogP contribution in [0.5, 0.6) is 0 Å². The van der Waals surface area contributed by atoms with Gasteiger partial charge in [-0.3, -0.25) is 0 Å². The summed E-state index contributed by atoms with van der Waals surface area (Å²) in [5, 5.41) is 0. The van der Waals surface area contributed by atoms with Crippen molar-refractivity contribution >= 4 is 0 Å². The van der Waals surface area contributed by atoms with Crippen LogP contribution >= 0.6 is 0 Å². The van der Waals surface area contributed by atoms with Crippen molar-refractivity contribution in [2.45, 2.75) is 19.0 Å². The smallest absolute Gasteiger partial charge is 0.378 e. The van der Waals surface area contributed by atoms with Crippen molar-refractivity contribution in [2.75, 3.05) is 26.3 Å². The number of ether oxygens (including phenoxy) is 1. The lowest BCUT2D eigenvalue weighted by Crippen LogP contribution is -2.35. The van der Waals surface area contributed by atoms with Gasteiger partial charge in [0.1, 0.15) is 0 Å². The van der Waals surface area contributed by atoms with Gasteiger partial charge in [-0.25, -0.2) is 0 Å². The van der Waals surface area contributed by atoms with Gasteiger partial charge in [0.15, 0.2) is 0 Å². The molecule has 1 heterocycles. The Bertz CT molecular complexity index is 314. The van der Waals surface area contributed by atoms with Crippen LogP contribution in [0.3, 0.4) is 0 Å². The second-order valence-electron chi connectivity index (χ2n) is 3.93. The number of rotatable bonds is 1. The molecule has 0 spiro atoms. The van der Waals surface area contributed by atoms with E-state index in [0.717, 1.165) is 0 Å². The molecule has 1 aliphatic heterocycles. The van der Waals surface area contributed by atoms with Crippen LogP contribution in [0.15, 0.2) is 23.4 Å². The van der Waals surface area contributed by atoms with Crippen molar-refractivity contribution < 1.29 is 17.9 Å². The molecule has 0 N–H and O–H groups in total. The highest BCUT2D eigenvalue weighted by Gasteiger charge is 2.34. The van der Waals surface area contributed by atoms with Crippen LogP contribution in [-0.4, -0.2) is 37.4 Å². The summed E-state index contributed by atoms with van der Waals surface area (Å²) >= 11 is 0. The monoisotopic (exact) mass is 233 g/mol. The molecular formula is C11H14F3NO. The van der Waals surface area contributed by atoms with Crippen LogP contribution in [0, 0.1) is 0 Å². The molecular weight excluding hydrogens is 219 g/mol. The van der Waals surface area contributed by atoms with E-state index in [-0.39, 0.29) is 6.42 Å².